The molecular weight excluding hydrogens is 288 g/mol. The minimum Gasteiger partial charge on any atom is -0.504 e. The second-order valence-electron chi connectivity index (χ2n) is 4.71. The lowest BCUT2D eigenvalue weighted by atomic mass is 10.1. The molecule has 0 spiro atoms. The highest BCUT2D eigenvalue weighted by atomic mass is 16.5. The molecule has 0 radical (unpaired) electrons. The summed E-state index contributed by atoms with van der Waals surface area (Å²) < 4.78 is 5.15. The van der Waals surface area contributed by atoms with E-state index >= 15 is 0 Å². The smallest absolute Gasteiger partial charge is 0.277 e. The third-order valence-corrected chi connectivity index (χ3v) is 3.33. The summed E-state index contributed by atoms with van der Waals surface area (Å²) in [7, 11) is 4.39. The first-order valence-electron chi connectivity index (χ1n) is 6.40. The first-order valence-corrected chi connectivity index (χ1v) is 6.40. The number of hydrogen-bond donors (Lipinski definition) is 2. The summed E-state index contributed by atoms with van der Waals surface area (Å²) in [5, 5.41) is 21.1. The van der Waals surface area contributed by atoms with Gasteiger partial charge >= 0.3 is 0 Å². The van der Waals surface area contributed by atoms with Gasteiger partial charge in [0.1, 0.15) is 11.3 Å². The van der Waals surface area contributed by atoms with E-state index in [9.17, 15) is 19.8 Å². The third kappa shape index (κ3) is 2.73. The summed E-state index contributed by atoms with van der Waals surface area (Å²) in [5.41, 5.74) is 0.532. The van der Waals surface area contributed by atoms with Gasteiger partial charge in [-0.05, 0) is 29.8 Å². The van der Waals surface area contributed by atoms with Crippen molar-refractivity contribution < 1.29 is 24.5 Å². The van der Waals surface area contributed by atoms with E-state index in [-0.39, 0.29) is 22.8 Å². The summed E-state index contributed by atoms with van der Waals surface area (Å²) in [6, 6.07) is 4.22. The van der Waals surface area contributed by atoms with Crippen molar-refractivity contribution in [2.45, 2.75) is 0 Å². The summed E-state index contributed by atoms with van der Waals surface area (Å²) in [4.78, 5) is 23.9. The Labute approximate surface area is 127 Å². The summed E-state index contributed by atoms with van der Waals surface area (Å²) in [6.07, 6.45) is 2.87. The molecule has 1 heterocycles. The molecule has 22 heavy (non-hydrogen) atoms. The van der Waals surface area contributed by atoms with Crippen molar-refractivity contribution in [2.24, 2.45) is 0 Å². The fourth-order valence-corrected chi connectivity index (χ4v) is 1.93. The van der Waals surface area contributed by atoms with E-state index in [0.717, 1.165) is 0 Å². The monoisotopic (exact) mass is 304 g/mol. The van der Waals surface area contributed by atoms with Crippen molar-refractivity contribution in [3.8, 4) is 11.5 Å². The molecule has 7 heteroatoms. The molecule has 116 valence electrons. The molecule has 1 aliphatic heterocycles. The molecule has 1 aromatic carbocycles. The number of carbonyl (C=O) groups excluding carboxylic acids is 2. The van der Waals surface area contributed by atoms with Crippen molar-refractivity contribution in [1.29, 1.82) is 0 Å². The van der Waals surface area contributed by atoms with Gasteiger partial charge in [-0.3, -0.25) is 19.6 Å². The number of hydrazine groups is 1. The summed E-state index contributed by atoms with van der Waals surface area (Å²) in [5.74, 6) is -1.10. The predicted molar refractivity (Wildman–Crippen MR) is 78.4 cm³/mol. The van der Waals surface area contributed by atoms with Gasteiger partial charge in [-0.15, -0.1) is 0 Å². The van der Waals surface area contributed by atoms with Crippen LogP contribution in [0.4, 0.5) is 0 Å². The van der Waals surface area contributed by atoms with Crippen LogP contribution in [0.1, 0.15) is 5.56 Å². The lowest BCUT2D eigenvalue weighted by Gasteiger charge is -2.16. The topological polar surface area (TPSA) is 90.3 Å². The fraction of sp³-hybridized carbons (Fsp3) is 0.200. The maximum atomic E-state index is 12.0. The number of nitrogens with zero attached hydrogens (tertiary/aromatic N) is 2. The molecule has 1 fully saturated rings. The highest BCUT2D eigenvalue weighted by Crippen LogP contribution is 2.26. The van der Waals surface area contributed by atoms with E-state index < -0.39 is 11.8 Å². The van der Waals surface area contributed by atoms with Gasteiger partial charge in [0.25, 0.3) is 11.8 Å². The molecule has 1 aliphatic rings. The molecule has 0 bridgehead atoms. The van der Waals surface area contributed by atoms with Crippen LogP contribution in [0.2, 0.25) is 0 Å². The minimum atomic E-state index is -0.427. The number of likely N-dealkylation sites (N-methyl/N-ethyl adjacent to an activating group) is 2. The highest BCUT2D eigenvalue weighted by Gasteiger charge is 2.36. The van der Waals surface area contributed by atoms with Crippen molar-refractivity contribution in [1.82, 2.24) is 10.0 Å². The third-order valence-electron chi connectivity index (χ3n) is 3.33. The molecule has 0 aromatic heterocycles. The Balaban J connectivity index is 2.38. The van der Waals surface area contributed by atoms with Crippen LogP contribution >= 0.6 is 0 Å². The number of carbonyl (C=O) groups is 2. The Bertz CT molecular complexity index is 671. The zero-order valence-corrected chi connectivity index (χ0v) is 12.4. The molecular formula is C15H16N2O5. The number of amides is 2. The van der Waals surface area contributed by atoms with Crippen LogP contribution in [-0.4, -0.2) is 53.3 Å². The van der Waals surface area contributed by atoms with Crippen LogP contribution < -0.4 is 0 Å². The Kier molecular flexibility index (Phi) is 4.07. The predicted octanol–water partition coefficient (Wildman–Crippen LogP) is 0.857. The number of aromatic hydroxyl groups is 2. The lowest BCUT2D eigenvalue weighted by molar-refractivity contribution is -0.141. The largest absolute Gasteiger partial charge is 0.504 e. The quantitative estimate of drug-likeness (QED) is 0.374. The molecule has 0 atom stereocenters. The van der Waals surface area contributed by atoms with Gasteiger partial charge in [0.2, 0.25) is 0 Å². The van der Waals surface area contributed by atoms with Crippen molar-refractivity contribution in [3.63, 3.8) is 0 Å². The van der Waals surface area contributed by atoms with Gasteiger partial charge in [0.05, 0.1) is 7.11 Å². The van der Waals surface area contributed by atoms with Crippen molar-refractivity contribution in [3.05, 3.63) is 41.2 Å². The molecule has 0 aliphatic carbocycles. The van der Waals surface area contributed by atoms with Crippen molar-refractivity contribution >= 4 is 17.9 Å². The first-order chi connectivity index (χ1) is 10.3. The van der Waals surface area contributed by atoms with E-state index in [4.69, 9.17) is 4.74 Å². The Morgan fingerprint density at radius 3 is 2.18 bits per heavy atom. The minimum absolute atomic E-state index is 0.0129. The van der Waals surface area contributed by atoms with Gasteiger partial charge < -0.3 is 14.9 Å². The van der Waals surface area contributed by atoms with Crippen LogP contribution in [-0.2, 0) is 14.3 Å². The Morgan fingerprint density at radius 1 is 1.09 bits per heavy atom. The van der Waals surface area contributed by atoms with Gasteiger partial charge in [0.15, 0.2) is 11.5 Å². The number of phenolic OH excluding ortho intramolecular Hbond substituents is 2. The fourth-order valence-electron chi connectivity index (χ4n) is 1.93. The number of benzene rings is 1. The highest BCUT2D eigenvalue weighted by molar-refractivity contribution is 6.22. The normalized spacial score (nSPS) is 15.6. The maximum Gasteiger partial charge on any atom is 0.277 e. The molecule has 0 saturated carbocycles. The van der Waals surface area contributed by atoms with Crippen LogP contribution in [0.3, 0.4) is 0 Å². The number of allylic oxidation sites excluding steroid dienone is 1. The van der Waals surface area contributed by atoms with E-state index in [0.29, 0.717) is 5.56 Å². The molecule has 2 N–H and O–H groups in total. The lowest BCUT2D eigenvalue weighted by Crippen LogP contribution is -2.33. The first kappa shape index (κ1) is 15.4. The van der Waals surface area contributed by atoms with Gasteiger partial charge in [-0.25, -0.2) is 0 Å². The van der Waals surface area contributed by atoms with E-state index in [1.807, 2.05) is 0 Å². The van der Waals surface area contributed by atoms with Crippen LogP contribution in [0, 0.1) is 0 Å². The number of phenols is 2. The average molecular weight is 304 g/mol. The SMILES string of the molecule is CO/C(C=C1C(=O)N(C)N(C)C1=O)=C\c1ccc(O)c(O)c1. The zero-order valence-electron chi connectivity index (χ0n) is 12.4. The van der Waals surface area contributed by atoms with Crippen LogP contribution in [0.15, 0.2) is 35.6 Å². The standard InChI is InChI=1S/C15H16N2O5/c1-16-14(20)11(15(21)17(16)2)8-10(22-3)6-9-4-5-12(18)13(19)7-9/h4-8,18-19H,1-3H3/b10-6-. The zero-order chi connectivity index (χ0) is 16.4. The number of rotatable bonds is 3. The van der Waals surface area contributed by atoms with Crippen LogP contribution in [0.5, 0.6) is 11.5 Å². The van der Waals surface area contributed by atoms with Gasteiger partial charge in [-0.1, -0.05) is 6.07 Å². The molecule has 2 rings (SSSR count). The average Bonchev–Trinajstić information content (AvgIpc) is 2.67. The number of methoxy groups -OCH3 is 1. The second kappa shape index (κ2) is 5.80. The van der Waals surface area contributed by atoms with E-state index in [1.54, 1.807) is 6.07 Å². The van der Waals surface area contributed by atoms with Crippen molar-refractivity contribution in [2.75, 3.05) is 21.2 Å². The van der Waals surface area contributed by atoms with E-state index in [1.165, 1.54) is 55.5 Å². The van der Waals surface area contributed by atoms with Gasteiger partial charge in [-0.2, -0.15) is 0 Å². The summed E-state index contributed by atoms with van der Waals surface area (Å²) >= 11 is 0. The number of hydrogen-bond acceptors (Lipinski definition) is 5. The van der Waals surface area contributed by atoms with Gasteiger partial charge in [0, 0.05) is 14.1 Å². The number of ether oxygens (including phenoxy) is 1. The Morgan fingerprint density at radius 2 is 1.68 bits per heavy atom. The molecule has 2 amide bonds. The maximum absolute atomic E-state index is 12.0. The molecule has 1 saturated heterocycles. The molecule has 0 unspecified atom stereocenters. The van der Waals surface area contributed by atoms with Crippen LogP contribution in [0.25, 0.3) is 6.08 Å². The molecule has 1 aromatic rings. The summed E-state index contributed by atoms with van der Waals surface area (Å²) in [6.45, 7) is 0. The second-order valence-corrected chi connectivity index (χ2v) is 4.71. The molecule has 7 nitrogen and oxygen atoms in total. The van der Waals surface area contributed by atoms with E-state index in [2.05, 4.69) is 0 Å². The Hall–Kier alpha value is -2.96.